The third-order valence-corrected chi connectivity index (χ3v) is 3.29. The van der Waals surface area contributed by atoms with E-state index in [2.05, 4.69) is 49.6 Å². The fraction of sp³-hybridized carbons (Fsp3) is 0.429. The summed E-state index contributed by atoms with van der Waals surface area (Å²) in [5.74, 6) is 0.635. The Morgan fingerprint density at radius 3 is 2.47 bits per heavy atom. The van der Waals surface area contributed by atoms with Gasteiger partial charge >= 0.3 is 0 Å². The standard InChI is InChI=1S/C14H19N/c1-4-13-5-7-14(8-6-13)15-9-11(2)12(3)10-15/h5-8,12H,2,4,9-10H2,1,3H3/t12-/m0/s1. The Balaban J connectivity index is 2.13. The second-order valence-electron chi connectivity index (χ2n) is 4.46. The van der Waals surface area contributed by atoms with Crippen LogP contribution in [0, 0.1) is 5.92 Å². The van der Waals surface area contributed by atoms with E-state index in [0.717, 1.165) is 19.5 Å². The zero-order valence-corrected chi connectivity index (χ0v) is 9.66. The van der Waals surface area contributed by atoms with Crippen molar-refractivity contribution in [3.8, 4) is 0 Å². The average molecular weight is 201 g/mol. The number of nitrogens with zero attached hydrogens (tertiary/aromatic N) is 1. The minimum absolute atomic E-state index is 0.635. The fourth-order valence-corrected chi connectivity index (χ4v) is 2.06. The van der Waals surface area contributed by atoms with E-state index in [1.165, 1.54) is 16.8 Å². The molecular formula is C14H19N. The SMILES string of the molecule is C=C1CN(c2ccc(CC)cc2)C[C@@H]1C. The van der Waals surface area contributed by atoms with E-state index >= 15 is 0 Å². The molecule has 15 heavy (non-hydrogen) atoms. The summed E-state index contributed by atoms with van der Waals surface area (Å²) in [7, 11) is 0. The summed E-state index contributed by atoms with van der Waals surface area (Å²) in [5.41, 5.74) is 4.09. The molecule has 0 N–H and O–H groups in total. The Morgan fingerprint density at radius 2 is 2.00 bits per heavy atom. The van der Waals surface area contributed by atoms with Gasteiger partial charge in [0.05, 0.1) is 0 Å². The van der Waals surface area contributed by atoms with Crippen LogP contribution < -0.4 is 4.90 Å². The fourth-order valence-electron chi connectivity index (χ4n) is 2.06. The normalized spacial score (nSPS) is 21.1. The molecule has 0 radical (unpaired) electrons. The van der Waals surface area contributed by atoms with E-state index < -0.39 is 0 Å². The quantitative estimate of drug-likeness (QED) is 0.664. The molecule has 1 saturated heterocycles. The van der Waals surface area contributed by atoms with Crippen molar-refractivity contribution in [2.45, 2.75) is 20.3 Å². The van der Waals surface area contributed by atoms with Crippen LogP contribution in [0.15, 0.2) is 36.4 Å². The largest absolute Gasteiger partial charge is 0.367 e. The number of anilines is 1. The minimum atomic E-state index is 0.635. The van der Waals surface area contributed by atoms with Gasteiger partial charge in [-0.15, -0.1) is 0 Å². The summed E-state index contributed by atoms with van der Waals surface area (Å²) in [6, 6.07) is 8.90. The molecule has 1 heteroatoms. The van der Waals surface area contributed by atoms with Gasteiger partial charge in [-0.3, -0.25) is 0 Å². The molecule has 0 aliphatic carbocycles. The molecule has 0 saturated carbocycles. The number of hydrogen-bond donors (Lipinski definition) is 0. The maximum absolute atomic E-state index is 4.10. The first-order valence-electron chi connectivity index (χ1n) is 5.72. The Kier molecular flexibility index (Phi) is 2.81. The molecular weight excluding hydrogens is 182 g/mol. The molecule has 1 aromatic rings. The van der Waals surface area contributed by atoms with Gasteiger partial charge in [0.2, 0.25) is 0 Å². The van der Waals surface area contributed by atoms with Crippen molar-refractivity contribution in [1.82, 2.24) is 0 Å². The van der Waals surface area contributed by atoms with Crippen LogP contribution in [0.5, 0.6) is 0 Å². The molecule has 1 atom stereocenters. The summed E-state index contributed by atoms with van der Waals surface area (Å²) in [6.45, 7) is 10.7. The lowest BCUT2D eigenvalue weighted by atomic mass is 10.1. The van der Waals surface area contributed by atoms with Crippen molar-refractivity contribution in [2.24, 2.45) is 5.92 Å². The Morgan fingerprint density at radius 1 is 1.33 bits per heavy atom. The first kappa shape index (κ1) is 10.3. The molecule has 80 valence electrons. The summed E-state index contributed by atoms with van der Waals surface area (Å²) >= 11 is 0. The van der Waals surface area contributed by atoms with Crippen LogP contribution in [-0.2, 0) is 6.42 Å². The zero-order valence-electron chi connectivity index (χ0n) is 9.66. The number of hydrogen-bond acceptors (Lipinski definition) is 1. The highest BCUT2D eigenvalue weighted by molar-refractivity contribution is 5.51. The van der Waals surface area contributed by atoms with E-state index in [9.17, 15) is 0 Å². The monoisotopic (exact) mass is 201 g/mol. The van der Waals surface area contributed by atoms with Crippen molar-refractivity contribution in [1.29, 1.82) is 0 Å². The Labute approximate surface area is 92.4 Å². The zero-order chi connectivity index (χ0) is 10.8. The third-order valence-electron chi connectivity index (χ3n) is 3.29. The van der Waals surface area contributed by atoms with Gasteiger partial charge in [0.25, 0.3) is 0 Å². The molecule has 1 nitrogen and oxygen atoms in total. The molecule has 0 unspecified atom stereocenters. The van der Waals surface area contributed by atoms with Crippen LogP contribution in [-0.4, -0.2) is 13.1 Å². The predicted molar refractivity (Wildman–Crippen MR) is 66.3 cm³/mol. The topological polar surface area (TPSA) is 3.24 Å². The summed E-state index contributed by atoms with van der Waals surface area (Å²) in [5, 5.41) is 0. The lowest BCUT2D eigenvalue weighted by Crippen LogP contribution is -2.18. The Hall–Kier alpha value is -1.24. The molecule has 1 aromatic carbocycles. The molecule has 1 aliphatic rings. The smallest absolute Gasteiger partial charge is 0.0389 e. The maximum Gasteiger partial charge on any atom is 0.0389 e. The van der Waals surface area contributed by atoms with E-state index in [4.69, 9.17) is 0 Å². The van der Waals surface area contributed by atoms with Crippen LogP contribution in [0.1, 0.15) is 19.4 Å². The molecule has 0 bridgehead atoms. The Bertz CT molecular complexity index is 350. The van der Waals surface area contributed by atoms with Crippen LogP contribution in [0.25, 0.3) is 0 Å². The van der Waals surface area contributed by atoms with Gasteiger partial charge in [0, 0.05) is 18.8 Å². The highest BCUT2D eigenvalue weighted by Crippen LogP contribution is 2.26. The van der Waals surface area contributed by atoms with E-state index in [1.807, 2.05) is 0 Å². The molecule has 1 aliphatic heterocycles. The van der Waals surface area contributed by atoms with E-state index in [1.54, 1.807) is 0 Å². The lowest BCUT2D eigenvalue weighted by molar-refractivity contribution is 0.759. The van der Waals surface area contributed by atoms with Crippen molar-refractivity contribution in [2.75, 3.05) is 18.0 Å². The van der Waals surface area contributed by atoms with Gasteiger partial charge in [-0.25, -0.2) is 0 Å². The van der Waals surface area contributed by atoms with Crippen LogP contribution in [0.3, 0.4) is 0 Å². The van der Waals surface area contributed by atoms with Gasteiger partial charge in [-0.2, -0.15) is 0 Å². The third kappa shape index (κ3) is 2.06. The van der Waals surface area contributed by atoms with Gasteiger partial charge in [0.15, 0.2) is 0 Å². The predicted octanol–water partition coefficient (Wildman–Crippen LogP) is 3.26. The second-order valence-corrected chi connectivity index (χ2v) is 4.46. The minimum Gasteiger partial charge on any atom is -0.367 e. The molecule has 0 amide bonds. The van der Waals surface area contributed by atoms with E-state index in [0.29, 0.717) is 5.92 Å². The summed E-state index contributed by atoms with van der Waals surface area (Å²) < 4.78 is 0. The van der Waals surface area contributed by atoms with Crippen molar-refractivity contribution < 1.29 is 0 Å². The molecule has 1 fully saturated rings. The van der Waals surface area contributed by atoms with Gasteiger partial charge in [-0.1, -0.05) is 38.1 Å². The molecule has 2 rings (SSSR count). The number of benzene rings is 1. The van der Waals surface area contributed by atoms with Crippen molar-refractivity contribution >= 4 is 5.69 Å². The maximum atomic E-state index is 4.10. The first-order valence-corrected chi connectivity index (χ1v) is 5.72. The van der Waals surface area contributed by atoms with E-state index in [-0.39, 0.29) is 0 Å². The van der Waals surface area contributed by atoms with Crippen LogP contribution in [0.4, 0.5) is 5.69 Å². The first-order chi connectivity index (χ1) is 7.20. The highest BCUT2D eigenvalue weighted by atomic mass is 15.2. The molecule has 0 aromatic heterocycles. The van der Waals surface area contributed by atoms with Gasteiger partial charge < -0.3 is 4.90 Å². The summed E-state index contributed by atoms with van der Waals surface area (Å²) in [4.78, 5) is 2.41. The van der Waals surface area contributed by atoms with Crippen molar-refractivity contribution in [3.05, 3.63) is 42.0 Å². The average Bonchev–Trinajstić information content (AvgIpc) is 2.59. The van der Waals surface area contributed by atoms with Gasteiger partial charge in [-0.05, 0) is 30.0 Å². The molecule has 1 heterocycles. The number of aryl methyl sites for hydroxylation is 1. The van der Waals surface area contributed by atoms with Crippen LogP contribution >= 0.6 is 0 Å². The van der Waals surface area contributed by atoms with Crippen molar-refractivity contribution in [3.63, 3.8) is 0 Å². The highest BCUT2D eigenvalue weighted by Gasteiger charge is 2.21. The van der Waals surface area contributed by atoms with Gasteiger partial charge in [0.1, 0.15) is 0 Å². The number of rotatable bonds is 2. The lowest BCUT2D eigenvalue weighted by Gasteiger charge is -2.17. The second kappa shape index (κ2) is 4.09. The van der Waals surface area contributed by atoms with Crippen LogP contribution in [0.2, 0.25) is 0 Å². The molecule has 0 spiro atoms. The summed E-state index contributed by atoms with van der Waals surface area (Å²) in [6.07, 6.45) is 1.11.